The van der Waals surface area contributed by atoms with Gasteiger partial charge in [-0.1, -0.05) is 30.3 Å². The Balaban J connectivity index is 0.000000253. The molecule has 2 rings (SSSR count). The number of phenolic OH excluding ortho intramolecular Hbond substituents is 2. The third kappa shape index (κ3) is 6.97. The van der Waals surface area contributed by atoms with Crippen LogP contribution in [0.5, 0.6) is 11.5 Å². The molecule has 0 aromatic heterocycles. The van der Waals surface area contributed by atoms with Crippen LogP contribution in [-0.4, -0.2) is 10.2 Å². The Morgan fingerprint density at radius 1 is 0.933 bits per heavy atom. The molecule has 15 heavy (non-hydrogen) atoms. The van der Waals surface area contributed by atoms with Crippen LogP contribution in [0.1, 0.15) is 0 Å². The van der Waals surface area contributed by atoms with Gasteiger partial charge in [0.1, 0.15) is 11.5 Å². The van der Waals surface area contributed by atoms with Crippen molar-refractivity contribution in [3.05, 3.63) is 60.7 Å². The zero-order chi connectivity index (χ0) is 10.2. The summed E-state index contributed by atoms with van der Waals surface area (Å²) in [4.78, 5) is 0. The minimum atomic E-state index is -0.0370. The molecule has 0 bridgehead atoms. The van der Waals surface area contributed by atoms with Crippen molar-refractivity contribution in [2.24, 2.45) is 0 Å². The van der Waals surface area contributed by atoms with Crippen LogP contribution in [-0.2, 0) is 27.7 Å². The van der Waals surface area contributed by atoms with Gasteiger partial charge in [-0.3, -0.25) is 0 Å². The molecule has 0 unspecified atom stereocenters. The van der Waals surface area contributed by atoms with Gasteiger partial charge in [-0.25, -0.2) is 0 Å². The van der Waals surface area contributed by atoms with Gasteiger partial charge in [0.25, 0.3) is 0 Å². The molecule has 0 atom stereocenters. The van der Waals surface area contributed by atoms with Crippen molar-refractivity contribution < 1.29 is 37.9 Å². The van der Waals surface area contributed by atoms with E-state index in [9.17, 15) is 0 Å². The summed E-state index contributed by atoms with van der Waals surface area (Å²) in [5.41, 5.74) is 0. The van der Waals surface area contributed by atoms with Crippen LogP contribution >= 0.6 is 0 Å². The molecular weight excluding hydrogens is 377 g/mol. The van der Waals surface area contributed by atoms with Gasteiger partial charge in [0.2, 0.25) is 0 Å². The summed E-state index contributed by atoms with van der Waals surface area (Å²) in [7, 11) is 0. The Kier molecular flexibility index (Phi) is 7.73. The number of hydrogen-bond donors (Lipinski definition) is 2. The summed E-state index contributed by atoms with van der Waals surface area (Å²) >= 11 is 0. The number of rotatable bonds is 0. The van der Waals surface area contributed by atoms with Crippen LogP contribution in [0.15, 0.2) is 48.5 Å². The minimum Gasteiger partial charge on any atom is -0.508 e. The van der Waals surface area contributed by atoms with Crippen LogP contribution in [0.2, 0.25) is 0 Å². The second-order valence-corrected chi connectivity index (χ2v) is 2.51. The molecule has 2 radical (unpaired) electrons. The smallest absolute Gasteiger partial charge is 0.127 e. The molecule has 2 aromatic rings. The van der Waals surface area contributed by atoms with E-state index in [-0.39, 0.29) is 39.2 Å². The van der Waals surface area contributed by atoms with Crippen molar-refractivity contribution >= 4 is 0 Å². The first-order valence-corrected chi connectivity index (χ1v) is 4.10. The van der Waals surface area contributed by atoms with Gasteiger partial charge >= 0.3 is 0 Å². The standard InChI is InChI=1S/C6H5O2.C6H5.Hg/c7-5-2-1-3-6(8)4-5;1-2-4-6-5-3-1;/h1-2,4,7-8H;1-5H;. The molecule has 0 saturated heterocycles. The Bertz CT molecular complexity index is 319. The van der Waals surface area contributed by atoms with Gasteiger partial charge < -0.3 is 10.2 Å². The normalized spacial score (nSPS) is 8.00. The molecule has 0 amide bonds. The topological polar surface area (TPSA) is 40.5 Å². The molecule has 0 spiro atoms. The van der Waals surface area contributed by atoms with E-state index in [0.29, 0.717) is 0 Å². The summed E-state index contributed by atoms with van der Waals surface area (Å²) in [6, 6.07) is 19.1. The quantitative estimate of drug-likeness (QED) is 0.683. The molecule has 3 heteroatoms. The van der Waals surface area contributed by atoms with Crippen molar-refractivity contribution in [2.75, 3.05) is 0 Å². The van der Waals surface area contributed by atoms with E-state index in [4.69, 9.17) is 10.2 Å². The fraction of sp³-hybridized carbons (Fsp3) is 0. The van der Waals surface area contributed by atoms with Crippen molar-refractivity contribution in [1.29, 1.82) is 0 Å². The molecule has 0 fully saturated rings. The fourth-order valence-corrected chi connectivity index (χ4v) is 0.784. The molecule has 0 saturated carbocycles. The predicted molar refractivity (Wildman–Crippen MR) is 53.9 cm³/mol. The van der Waals surface area contributed by atoms with Gasteiger partial charge in [-0.2, -0.15) is 0 Å². The van der Waals surface area contributed by atoms with Crippen LogP contribution in [0.4, 0.5) is 0 Å². The third-order valence-corrected chi connectivity index (χ3v) is 1.38. The molecule has 0 aliphatic rings. The third-order valence-electron chi connectivity index (χ3n) is 1.38. The predicted octanol–water partition coefficient (Wildman–Crippen LogP) is 2.38. The molecular formula is C12H10HgO2. The maximum absolute atomic E-state index is 8.63. The van der Waals surface area contributed by atoms with Crippen LogP contribution in [0.25, 0.3) is 0 Å². The van der Waals surface area contributed by atoms with Gasteiger partial charge in [-0.05, 0) is 18.2 Å². The summed E-state index contributed by atoms with van der Waals surface area (Å²) < 4.78 is 0. The number of benzene rings is 2. The van der Waals surface area contributed by atoms with E-state index in [1.165, 1.54) is 18.2 Å². The van der Waals surface area contributed by atoms with Crippen molar-refractivity contribution in [3.63, 3.8) is 0 Å². The molecule has 2 N–H and O–H groups in total. The maximum Gasteiger partial charge on any atom is 0.127 e. The van der Waals surface area contributed by atoms with Crippen molar-refractivity contribution in [2.45, 2.75) is 0 Å². The van der Waals surface area contributed by atoms with Crippen LogP contribution < -0.4 is 0 Å². The molecule has 0 aliphatic carbocycles. The zero-order valence-electron chi connectivity index (χ0n) is 8.22. The van der Waals surface area contributed by atoms with E-state index >= 15 is 0 Å². The zero-order valence-corrected chi connectivity index (χ0v) is 13.7. The molecule has 2 aromatic carbocycles. The Hall–Kier alpha value is -1.02. The van der Waals surface area contributed by atoms with E-state index in [1.807, 2.05) is 30.3 Å². The Labute approximate surface area is 110 Å². The first kappa shape index (κ1) is 14.0. The average Bonchev–Trinajstić information content (AvgIpc) is 2.21. The first-order chi connectivity index (χ1) is 6.79. The summed E-state index contributed by atoms with van der Waals surface area (Å²) in [6.45, 7) is 0. The molecule has 0 heterocycles. The van der Waals surface area contributed by atoms with E-state index < -0.39 is 0 Å². The Morgan fingerprint density at radius 3 is 1.87 bits per heavy atom. The van der Waals surface area contributed by atoms with Gasteiger partial charge in [0.05, 0.1) is 0 Å². The van der Waals surface area contributed by atoms with Gasteiger partial charge in [0, 0.05) is 39.8 Å². The van der Waals surface area contributed by atoms with Gasteiger partial charge in [-0.15, -0.1) is 0 Å². The summed E-state index contributed by atoms with van der Waals surface area (Å²) in [6.07, 6.45) is 0. The summed E-state index contributed by atoms with van der Waals surface area (Å²) in [5, 5.41) is 17.2. The first-order valence-electron chi connectivity index (χ1n) is 4.10. The van der Waals surface area contributed by atoms with Gasteiger partial charge in [0.15, 0.2) is 0 Å². The van der Waals surface area contributed by atoms with E-state index in [2.05, 4.69) is 12.1 Å². The van der Waals surface area contributed by atoms with Crippen molar-refractivity contribution in [1.82, 2.24) is 0 Å². The number of hydrogen-bond acceptors (Lipinski definition) is 2. The van der Waals surface area contributed by atoms with E-state index in [0.717, 1.165) is 0 Å². The van der Waals surface area contributed by atoms with Crippen LogP contribution in [0, 0.1) is 12.1 Å². The number of phenols is 2. The minimum absolute atomic E-state index is 0. The largest absolute Gasteiger partial charge is 0.508 e. The second-order valence-electron chi connectivity index (χ2n) is 2.51. The Morgan fingerprint density at radius 2 is 1.60 bits per heavy atom. The SMILES string of the molecule is Oc1[c]ccc(O)c1.[Hg].[c]1ccccc1. The molecule has 2 nitrogen and oxygen atoms in total. The van der Waals surface area contributed by atoms with Crippen LogP contribution in [0.3, 0.4) is 0 Å². The van der Waals surface area contributed by atoms with Crippen molar-refractivity contribution in [3.8, 4) is 11.5 Å². The monoisotopic (exact) mass is 388 g/mol. The fourth-order valence-electron chi connectivity index (χ4n) is 0.784. The summed E-state index contributed by atoms with van der Waals surface area (Å²) in [5.74, 6) is 0.0197. The maximum atomic E-state index is 8.63. The average molecular weight is 387 g/mol. The number of aromatic hydroxyl groups is 2. The van der Waals surface area contributed by atoms with E-state index in [1.54, 1.807) is 0 Å². The molecule has 0 aliphatic heterocycles. The second kappa shape index (κ2) is 8.30. The molecule has 72 valence electrons.